The van der Waals surface area contributed by atoms with E-state index < -0.39 is 0 Å². The molecule has 1 saturated carbocycles. The lowest BCUT2D eigenvalue weighted by molar-refractivity contribution is -0.120. The lowest BCUT2D eigenvalue weighted by Crippen LogP contribution is -2.40. The Bertz CT molecular complexity index is 425. The van der Waals surface area contributed by atoms with Crippen molar-refractivity contribution in [3.63, 3.8) is 0 Å². The summed E-state index contributed by atoms with van der Waals surface area (Å²) in [7, 11) is 0. The zero-order chi connectivity index (χ0) is 14.4. The van der Waals surface area contributed by atoms with Gasteiger partial charge in [0, 0.05) is 24.9 Å². The minimum absolute atomic E-state index is 0.0757. The third-order valence-corrected chi connectivity index (χ3v) is 3.56. The molecule has 0 spiro atoms. The monoisotopic (exact) mass is 276 g/mol. The van der Waals surface area contributed by atoms with E-state index in [0.29, 0.717) is 25.1 Å². The van der Waals surface area contributed by atoms with E-state index in [1.54, 1.807) is 0 Å². The van der Waals surface area contributed by atoms with Crippen LogP contribution in [0.4, 0.5) is 5.69 Å². The Hall–Kier alpha value is -1.55. The number of nitrogens with one attached hydrogen (secondary N) is 2. The average Bonchev–Trinajstić information content (AvgIpc) is 2.39. The first-order valence-electron chi connectivity index (χ1n) is 7.45. The summed E-state index contributed by atoms with van der Waals surface area (Å²) in [6.07, 6.45) is 3.03. The maximum absolute atomic E-state index is 11.5. The summed E-state index contributed by atoms with van der Waals surface area (Å²) in [6, 6.07) is 8.62. The summed E-state index contributed by atoms with van der Waals surface area (Å²) in [5, 5.41) is 6.30. The van der Waals surface area contributed by atoms with E-state index >= 15 is 0 Å². The molecule has 110 valence electrons. The summed E-state index contributed by atoms with van der Waals surface area (Å²) >= 11 is 0. The molecule has 2 rings (SSSR count). The molecule has 4 nitrogen and oxygen atoms in total. The quantitative estimate of drug-likeness (QED) is 0.803. The highest BCUT2D eigenvalue weighted by Gasteiger charge is 2.29. The zero-order valence-electron chi connectivity index (χ0n) is 12.3. The normalized spacial score (nSPS) is 21.1. The number of rotatable bonds is 7. The molecule has 1 aromatic carbocycles. The Labute approximate surface area is 120 Å². The van der Waals surface area contributed by atoms with Crippen molar-refractivity contribution in [1.82, 2.24) is 5.32 Å². The summed E-state index contributed by atoms with van der Waals surface area (Å²) < 4.78 is 5.55. The van der Waals surface area contributed by atoms with Gasteiger partial charge in [0.15, 0.2) is 0 Å². The smallest absolute Gasteiger partial charge is 0.224 e. The van der Waals surface area contributed by atoms with Crippen LogP contribution in [0.15, 0.2) is 24.3 Å². The molecule has 20 heavy (non-hydrogen) atoms. The second kappa shape index (κ2) is 7.29. The molecule has 1 aliphatic carbocycles. The van der Waals surface area contributed by atoms with E-state index in [4.69, 9.17) is 4.74 Å². The molecule has 0 unspecified atom stereocenters. The van der Waals surface area contributed by atoms with Crippen molar-refractivity contribution in [2.45, 2.75) is 45.3 Å². The minimum atomic E-state index is 0.0757. The predicted octanol–water partition coefficient (Wildman–Crippen LogP) is 2.34. The number of likely N-dealkylation sites (N-methyl/N-ethyl adjacent to an activating group) is 1. The van der Waals surface area contributed by atoms with Crippen LogP contribution in [0.5, 0.6) is 0 Å². The molecule has 2 N–H and O–H groups in total. The lowest BCUT2D eigenvalue weighted by atomic mass is 9.89. The Morgan fingerprint density at radius 2 is 1.95 bits per heavy atom. The summed E-state index contributed by atoms with van der Waals surface area (Å²) in [5.74, 6) is 0.0757. The highest BCUT2D eigenvalue weighted by molar-refractivity contribution is 5.78. The van der Waals surface area contributed by atoms with Crippen molar-refractivity contribution in [2.75, 3.05) is 18.5 Å². The Morgan fingerprint density at radius 3 is 2.55 bits per heavy atom. The van der Waals surface area contributed by atoms with Crippen LogP contribution in [0.25, 0.3) is 0 Å². The summed E-state index contributed by atoms with van der Waals surface area (Å²) in [6.45, 7) is 5.44. The second-order valence-electron chi connectivity index (χ2n) is 5.22. The van der Waals surface area contributed by atoms with Gasteiger partial charge >= 0.3 is 0 Å². The van der Waals surface area contributed by atoms with Crippen LogP contribution in [0.2, 0.25) is 0 Å². The predicted molar refractivity (Wildman–Crippen MR) is 80.9 cm³/mol. The highest BCUT2D eigenvalue weighted by atomic mass is 16.5. The fourth-order valence-electron chi connectivity index (χ4n) is 2.45. The molecule has 0 radical (unpaired) electrons. The minimum Gasteiger partial charge on any atom is -0.382 e. The number of ether oxygens (including phenoxy) is 1. The number of carbonyl (C=O) groups is 1. The molecule has 0 atom stereocenters. The van der Waals surface area contributed by atoms with E-state index in [0.717, 1.165) is 30.7 Å². The average molecular weight is 276 g/mol. The molecule has 1 aliphatic rings. The van der Waals surface area contributed by atoms with E-state index in [9.17, 15) is 4.79 Å². The molecule has 0 heterocycles. The van der Waals surface area contributed by atoms with Crippen LogP contribution >= 0.6 is 0 Å². The molecule has 0 aliphatic heterocycles. The van der Waals surface area contributed by atoms with E-state index in [-0.39, 0.29) is 5.91 Å². The van der Waals surface area contributed by atoms with Gasteiger partial charge in [0.2, 0.25) is 5.91 Å². The molecule has 1 fully saturated rings. The molecule has 0 aromatic heterocycles. The maximum Gasteiger partial charge on any atom is 0.224 e. The molecule has 1 aromatic rings. The van der Waals surface area contributed by atoms with Gasteiger partial charge in [-0.1, -0.05) is 12.1 Å². The fraction of sp³-hybridized carbons (Fsp3) is 0.562. The van der Waals surface area contributed by atoms with Gasteiger partial charge in [0.1, 0.15) is 0 Å². The van der Waals surface area contributed by atoms with Crippen LogP contribution in [0.1, 0.15) is 32.3 Å². The van der Waals surface area contributed by atoms with Crippen molar-refractivity contribution in [2.24, 2.45) is 0 Å². The first-order chi connectivity index (χ1) is 9.71. The standard InChI is InChI=1S/C16H24N2O2/c1-3-17-16(19)9-12-5-7-13(8-6-12)18-14-10-15(11-14)20-4-2/h5-8,14-15,18H,3-4,9-11H2,1-2H3,(H,17,19). The number of hydrogen-bond acceptors (Lipinski definition) is 3. The number of carbonyl (C=O) groups excluding carboxylic acids is 1. The number of benzene rings is 1. The zero-order valence-corrected chi connectivity index (χ0v) is 12.3. The lowest BCUT2D eigenvalue weighted by Gasteiger charge is -2.36. The summed E-state index contributed by atoms with van der Waals surface area (Å²) in [4.78, 5) is 11.5. The number of amides is 1. The third-order valence-electron chi connectivity index (χ3n) is 3.56. The van der Waals surface area contributed by atoms with E-state index in [1.165, 1.54) is 0 Å². The van der Waals surface area contributed by atoms with Crippen molar-refractivity contribution in [3.8, 4) is 0 Å². The van der Waals surface area contributed by atoms with E-state index in [2.05, 4.69) is 10.6 Å². The van der Waals surface area contributed by atoms with Crippen molar-refractivity contribution in [3.05, 3.63) is 29.8 Å². The largest absolute Gasteiger partial charge is 0.382 e. The van der Waals surface area contributed by atoms with Crippen LogP contribution in [0, 0.1) is 0 Å². The van der Waals surface area contributed by atoms with Crippen LogP contribution in [-0.2, 0) is 16.0 Å². The van der Waals surface area contributed by atoms with E-state index in [1.807, 2.05) is 38.1 Å². The molecule has 0 saturated heterocycles. The Kier molecular flexibility index (Phi) is 5.41. The molecular formula is C16H24N2O2. The van der Waals surface area contributed by atoms with Crippen molar-refractivity contribution >= 4 is 11.6 Å². The SMILES string of the molecule is CCNC(=O)Cc1ccc(NC2CC(OCC)C2)cc1. The van der Waals surface area contributed by atoms with Crippen molar-refractivity contribution < 1.29 is 9.53 Å². The number of anilines is 1. The number of hydrogen-bond donors (Lipinski definition) is 2. The molecule has 0 bridgehead atoms. The van der Waals surface area contributed by atoms with Crippen LogP contribution in [-0.4, -0.2) is 31.2 Å². The van der Waals surface area contributed by atoms with Crippen LogP contribution in [0.3, 0.4) is 0 Å². The topological polar surface area (TPSA) is 50.4 Å². The first kappa shape index (κ1) is 14.9. The van der Waals surface area contributed by atoms with Gasteiger partial charge in [0.25, 0.3) is 0 Å². The third kappa shape index (κ3) is 4.23. The maximum atomic E-state index is 11.5. The van der Waals surface area contributed by atoms with Gasteiger partial charge in [-0.05, 0) is 44.4 Å². The Morgan fingerprint density at radius 1 is 1.25 bits per heavy atom. The van der Waals surface area contributed by atoms with Gasteiger partial charge in [-0.3, -0.25) is 4.79 Å². The van der Waals surface area contributed by atoms with Crippen molar-refractivity contribution in [1.29, 1.82) is 0 Å². The van der Waals surface area contributed by atoms with Gasteiger partial charge in [-0.25, -0.2) is 0 Å². The van der Waals surface area contributed by atoms with Gasteiger partial charge in [0.05, 0.1) is 12.5 Å². The second-order valence-corrected chi connectivity index (χ2v) is 5.22. The molecule has 4 heteroatoms. The highest BCUT2D eigenvalue weighted by Crippen LogP contribution is 2.26. The van der Waals surface area contributed by atoms with Gasteiger partial charge < -0.3 is 15.4 Å². The summed E-state index contributed by atoms with van der Waals surface area (Å²) in [5.41, 5.74) is 2.16. The molecular weight excluding hydrogens is 252 g/mol. The van der Waals surface area contributed by atoms with Gasteiger partial charge in [-0.2, -0.15) is 0 Å². The van der Waals surface area contributed by atoms with Crippen LogP contribution < -0.4 is 10.6 Å². The van der Waals surface area contributed by atoms with Gasteiger partial charge in [-0.15, -0.1) is 0 Å². The molecule has 1 amide bonds. The Balaban J connectivity index is 1.76. The fourth-order valence-corrected chi connectivity index (χ4v) is 2.45. The first-order valence-corrected chi connectivity index (χ1v) is 7.45.